The van der Waals surface area contributed by atoms with Crippen molar-refractivity contribution in [3.8, 4) is 17.4 Å². The highest BCUT2D eigenvalue weighted by atomic mass is 79.9. The molecule has 0 fully saturated rings. The van der Waals surface area contributed by atoms with E-state index in [-0.39, 0.29) is 5.15 Å². The molecule has 108 valence electrons. The molecule has 0 saturated carbocycles. The quantitative estimate of drug-likeness (QED) is 0.581. The van der Waals surface area contributed by atoms with Gasteiger partial charge in [0.25, 0.3) is 5.78 Å². The van der Waals surface area contributed by atoms with E-state index in [9.17, 15) is 0 Å². The van der Waals surface area contributed by atoms with E-state index < -0.39 is 0 Å². The van der Waals surface area contributed by atoms with Gasteiger partial charge in [-0.25, -0.2) is 0 Å². The first-order valence-electron chi connectivity index (χ1n) is 5.65. The molecule has 0 saturated heterocycles. The zero-order valence-corrected chi connectivity index (χ0v) is 14.5. The summed E-state index contributed by atoms with van der Waals surface area (Å²) in [6.45, 7) is 0. The number of benzene rings is 1. The molecule has 2 heterocycles. The molecule has 0 aliphatic carbocycles. The molecule has 6 nitrogen and oxygen atoms in total. The van der Waals surface area contributed by atoms with Gasteiger partial charge in [0.15, 0.2) is 0 Å². The summed E-state index contributed by atoms with van der Waals surface area (Å²) in [5, 5.41) is 4.32. The molecule has 0 bridgehead atoms. The van der Waals surface area contributed by atoms with Gasteiger partial charge in [-0.1, -0.05) is 11.6 Å². The Bertz CT molecular complexity index is 824. The molecule has 3 aromatic rings. The molecule has 9 heteroatoms. The molecular formula is C12H7Br2ClN4O2. The number of hydrogen-bond acceptors (Lipinski definition) is 5. The lowest BCUT2D eigenvalue weighted by Gasteiger charge is -2.11. The summed E-state index contributed by atoms with van der Waals surface area (Å²) < 4.78 is 14.0. The molecule has 0 N–H and O–H groups in total. The van der Waals surface area contributed by atoms with Crippen molar-refractivity contribution in [3.63, 3.8) is 0 Å². The van der Waals surface area contributed by atoms with Gasteiger partial charge in [0.2, 0.25) is 5.88 Å². The third-order valence-electron chi connectivity index (χ3n) is 2.61. The number of hydrogen-bond donors (Lipinski definition) is 0. The van der Waals surface area contributed by atoms with Gasteiger partial charge in [-0.2, -0.15) is 19.6 Å². The zero-order chi connectivity index (χ0) is 15.0. The second-order valence-corrected chi connectivity index (χ2v) is 6.00. The van der Waals surface area contributed by atoms with Gasteiger partial charge in [0.1, 0.15) is 23.0 Å². The smallest absolute Gasteiger partial charge is 0.256 e. The minimum Gasteiger partial charge on any atom is -0.496 e. The van der Waals surface area contributed by atoms with Crippen molar-refractivity contribution in [2.75, 3.05) is 7.11 Å². The van der Waals surface area contributed by atoms with Crippen molar-refractivity contribution in [1.29, 1.82) is 0 Å². The number of nitrogens with zero attached hydrogens (tertiary/aromatic N) is 4. The van der Waals surface area contributed by atoms with Crippen molar-refractivity contribution in [2.45, 2.75) is 0 Å². The Hall–Kier alpha value is -1.38. The summed E-state index contributed by atoms with van der Waals surface area (Å²) in [4.78, 5) is 8.02. The van der Waals surface area contributed by atoms with Crippen LogP contribution in [0.4, 0.5) is 0 Å². The maximum absolute atomic E-state index is 5.95. The minimum atomic E-state index is 0.272. The van der Waals surface area contributed by atoms with E-state index in [0.717, 1.165) is 8.95 Å². The van der Waals surface area contributed by atoms with Crippen molar-refractivity contribution >= 4 is 49.2 Å². The number of halogens is 3. The molecule has 0 radical (unpaired) electrons. The Labute approximate surface area is 141 Å². The van der Waals surface area contributed by atoms with Gasteiger partial charge in [-0.3, -0.25) is 0 Å². The van der Waals surface area contributed by atoms with Crippen molar-refractivity contribution in [2.24, 2.45) is 0 Å². The number of methoxy groups -OCH3 is 1. The average Bonchev–Trinajstić information content (AvgIpc) is 2.90. The Morgan fingerprint density at radius 1 is 1.14 bits per heavy atom. The fraction of sp³-hybridized carbons (Fsp3) is 0.0833. The molecule has 0 aliphatic heterocycles. The lowest BCUT2D eigenvalue weighted by Crippen LogP contribution is -1.98. The Morgan fingerprint density at radius 3 is 2.62 bits per heavy atom. The Morgan fingerprint density at radius 2 is 1.86 bits per heavy atom. The van der Waals surface area contributed by atoms with Crippen LogP contribution < -0.4 is 9.47 Å². The number of fused-ring (bicyclic) bond motifs is 1. The highest BCUT2D eigenvalue weighted by molar-refractivity contribution is 9.11. The van der Waals surface area contributed by atoms with Crippen LogP contribution in [0, 0.1) is 0 Å². The zero-order valence-electron chi connectivity index (χ0n) is 10.5. The molecular weight excluding hydrogens is 427 g/mol. The summed E-state index contributed by atoms with van der Waals surface area (Å²) in [7, 11) is 1.59. The second kappa shape index (κ2) is 5.78. The van der Waals surface area contributed by atoms with Crippen molar-refractivity contribution in [3.05, 3.63) is 38.6 Å². The first-order valence-corrected chi connectivity index (χ1v) is 7.62. The molecule has 3 rings (SSSR count). The number of rotatable bonds is 3. The summed E-state index contributed by atoms with van der Waals surface area (Å²) in [5.74, 6) is 2.02. The standard InChI is InChI=1S/C12H7Br2ClN4O2/c1-20-8-2-7(14)9(3-6(8)13)21-11-4-10(15)18-12-16-5-17-19(11)12/h2-5H,1H3. The largest absolute Gasteiger partial charge is 0.496 e. The highest BCUT2D eigenvalue weighted by Crippen LogP contribution is 2.38. The maximum Gasteiger partial charge on any atom is 0.256 e. The third kappa shape index (κ3) is 2.83. The van der Waals surface area contributed by atoms with E-state index in [1.807, 2.05) is 0 Å². The first-order chi connectivity index (χ1) is 10.1. The van der Waals surface area contributed by atoms with E-state index in [2.05, 4.69) is 46.9 Å². The van der Waals surface area contributed by atoms with Crippen LogP contribution in [0.5, 0.6) is 17.4 Å². The molecule has 0 amide bonds. The van der Waals surface area contributed by atoms with Crippen molar-refractivity contribution < 1.29 is 9.47 Å². The molecule has 0 spiro atoms. The van der Waals surface area contributed by atoms with Crippen LogP contribution in [-0.4, -0.2) is 26.7 Å². The highest BCUT2D eigenvalue weighted by Gasteiger charge is 2.13. The monoisotopic (exact) mass is 432 g/mol. The van der Waals surface area contributed by atoms with Crippen molar-refractivity contribution in [1.82, 2.24) is 19.6 Å². The molecule has 0 unspecified atom stereocenters. The fourth-order valence-electron chi connectivity index (χ4n) is 1.69. The summed E-state index contributed by atoms with van der Waals surface area (Å²) >= 11 is 12.8. The maximum atomic E-state index is 5.95. The van der Waals surface area contributed by atoms with Gasteiger partial charge in [-0.05, 0) is 44.0 Å². The van der Waals surface area contributed by atoms with Gasteiger partial charge in [0, 0.05) is 6.07 Å². The van der Waals surface area contributed by atoms with Gasteiger partial charge < -0.3 is 9.47 Å². The third-order valence-corrected chi connectivity index (χ3v) is 4.04. The predicted octanol–water partition coefficient (Wildman–Crippen LogP) is 4.10. The van der Waals surface area contributed by atoms with E-state index >= 15 is 0 Å². The molecule has 21 heavy (non-hydrogen) atoms. The van der Waals surface area contributed by atoms with Crippen LogP contribution in [0.25, 0.3) is 5.78 Å². The summed E-state index contributed by atoms with van der Waals surface area (Å²) in [6, 6.07) is 5.13. The summed E-state index contributed by atoms with van der Waals surface area (Å²) in [6.07, 6.45) is 1.38. The van der Waals surface area contributed by atoms with E-state index in [0.29, 0.717) is 23.2 Å². The van der Waals surface area contributed by atoms with E-state index in [4.69, 9.17) is 21.1 Å². The molecule has 1 aromatic carbocycles. The van der Waals surface area contributed by atoms with Gasteiger partial charge in [0.05, 0.1) is 16.1 Å². The van der Waals surface area contributed by atoms with Crippen LogP contribution in [0.2, 0.25) is 5.15 Å². The fourth-order valence-corrected chi connectivity index (χ4v) is 2.74. The van der Waals surface area contributed by atoms with Gasteiger partial charge >= 0.3 is 0 Å². The minimum absolute atomic E-state index is 0.272. The first kappa shape index (κ1) is 14.6. The van der Waals surface area contributed by atoms with Crippen LogP contribution in [0.15, 0.2) is 33.5 Å². The average molecular weight is 434 g/mol. The van der Waals surface area contributed by atoms with Crippen LogP contribution in [0.3, 0.4) is 0 Å². The topological polar surface area (TPSA) is 61.5 Å². The SMILES string of the molecule is COc1cc(Br)c(Oc2cc(Cl)nc3ncnn23)cc1Br. The predicted molar refractivity (Wildman–Crippen MR) is 84.3 cm³/mol. The lowest BCUT2D eigenvalue weighted by atomic mass is 10.3. The Kier molecular flexibility index (Phi) is 4.01. The molecule has 0 aliphatic rings. The molecule has 0 atom stereocenters. The van der Waals surface area contributed by atoms with Crippen LogP contribution in [-0.2, 0) is 0 Å². The summed E-state index contributed by atoms with van der Waals surface area (Å²) in [5.41, 5.74) is 0. The van der Waals surface area contributed by atoms with Crippen LogP contribution in [0.1, 0.15) is 0 Å². The normalized spacial score (nSPS) is 10.9. The van der Waals surface area contributed by atoms with E-state index in [1.165, 1.54) is 10.8 Å². The number of ether oxygens (including phenoxy) is 2. The lowest BCUT2D eigenvalue weighted by molar-refractivity contribution is 0.407. The van der Waals surface area contributed by atoms with Crippen LogP contribution >= 0.6 is 43.5 Å². The number of aromatic nitrogens is 4. The second-order valence-electron chi connectivity index (χ2n) is 3.91. The van der Waals surface area contributed by atoms with Gasteiger partial charge in [-0.15, -0.1) is 0 Å². The van der Waals surface area contributed by atoms with E-state index in [1.54, 1.807) is 25.3 Å². The molecule has 2 aromatic heterocycles. The Balaban J connectivity index is 2.06.